The molecule has 0 aromatic rings. The molecule has 0 atom stereocenters. The van der Waals surface area contributed by atoms with Crippen molar-refractivity contribution in [2.24, 2.45) is 0 Å². The third-order valence-corrected chi connectivity index (χ3v) is 0. The molecule has 0 rings (SSSR count). The van der Waals surface area contributed by atoms with Gasteiger partial charge in [-0.1, -0.05) is 0 Å². The summed E-state index contributed by atoms with van der Waals surface area (Å²) >= 11 is -6.77. The van der Waals surface area contributed by atoms with E-state index in [-0.39, 0.29) is 0 Å². The van der Waals surface area contributed by atoms with Gasteiger partial charge in [-0.3, -0.25) is 0 Å². The molecule has 0 saturated heterocycles. The zero-order valence-corrected chi connectivity index (χ0v) is 4.65. The average molecular weight is 151 g/mol. The van der Waals surface area contributed by atoms with Crippen LogP contribution in [0, 0.1) is 0 Å². The Bertz CT molecular complexity index is 186. The van der Waals surface area contributed by atoms with Crippen molar-refractivity contribution in [3.63, 3.8) is 0 Å². The molecule has 0 fully saturated rings. The summed E-state index contributed by atoms with van der Waals surface area (Å²) in [5.74, 6) is 0. The Balaban J connectivity index is 5.37. The molecular formula is HClO4V. The van der Waals surface area contributed by atoms with Crippen LogP contribution in [-0.4, -0.2) is 4.03 Å². The number of rotatable bonds is 0. The van der Waals surface area contributed by atoms with Crippen LogP contribution in [0.1, 0.15) is 0 Å². The fraction of sp³-hybridized carbons (Fsp3) is 0. The van der Waals surface area contributed by atoms with E-state index >= 15 is 0 Å². The Morgan fingerprint density at radius 1 is 1.33 bits per heavy atom. The topological polar surface area (TPSA) is 71.4 Å². The molecule has 0 amide bonds. The van der Waals surface area contributed by atoms with Crippen molar-refractivity contribution in [2.75, 3.05) is 0 Å². The molecule has 6 heavy (non-hydrogen) atoms. The van der Waals surface area contributed by atoms with Crippen LogP contribution in [0.25, 0.3) is 0 Å². The number of hydrogen-bond acceptors (Lipinski definition) is 3. The van der Waals surface area contributed by atoms with E-state index in [2.05, 4.69) is 9.85 Å². The molecule has 0 heterocycles. The van der Waals surface area contributed by atoms with Crippen molar-refractivity contribution in [1.29, 1.82) is 0 Å². The van der Waals surface area contributed by atoms with E-state index < -0.39 is 12.1 Å². The molecule has 0 aromatic carbocycles. The van der Waals surface area contributed by atoms with Crippen molar-refractivity contribution in [3.8, 4) is 0 Å². The zero-order chi connectivity index (χ0) is 5.45. The van der Waals surface area contributed by atoms with Gasteiger partial charge in [-0.2, -0.15) is 0 Å². The minimum atomic E-state index is -6.77. The number of hydrogen-bond donors (Lipinski definition) is 1. The molecule has 0 spiro atoms. The predicted octanol–water partition coefficient (Wildman–Crippen LogP) is -0.226. The Kier molecular flexibility index (Phi) is 0.931. The van der Waals surface area contributed by atoms with E-state index in [0.29, 0.717) is 0 Å². The minimum absolute atomic E-state index is 3.85. The first-order valence-corrected chi connectivity index (χ1v) is 5.17. The Morgan fingerprint density at radius 2 is 1.33 bits per heavy atom. The van der Waals surface area contributed by atoms with Gasteiger partial charge in [-0.15, -0.1) is 0 Å². The molecule has 1 N–H and O–H groups in total. The van der Waals surface area contributed by atoms with Crippen LogP contribution in [-0.2, 0) is 23.1 Å². The van der Waals surface area contributed by atoms with Crippen molar-refractivity contribution >= 4 is 9.85 Å². The predicted molar refractivity (Wildman–Crippen MR) is 10.1 cm³/mol. The summed E-state index contributed by atoms with van der Waals surface area (Å²) in [5, 5.41) is 0. The van der Waals surface area contributed by atoms with Gasteiger partial charge < -0.3 is 0 Å². The first-order chi connectivity index (χ1) is 2.24. The summed E-state index contributed by atoms with van der Waals surface area (Å²) in [5.41, 5.74) is 0. The van der Waals surface area contributed by atoms with E-state index in [0.717, 1.165) is 0 Å². The van der Waals surface area contributed by atoms with Crippen LogP contribution in [0.2, 0.25) is 0 Å². The molecule has 0 aliphatic rings. The molecule has 4 nitrogen and oxygen atoms in total. The summed E-state index contributed by atoms with van der Waals surface area (Å²) in [6, 6.07) is 0. The molecule has 0 aromatic heterocycles. The van der Waals surface area contributed by atoms with Crippen LogP contribution < -0.4 is 0 Å². The fourth-order valence-electron chi connectivity index (χ4n) is 0. The fourth-order valence-corrected chi connectivity index (χ4v) is 0. The average Bonchev–Trinajstić information content (AvgIpc) is 0.650. The van der Waals surface area contributed by atoms with Gasteiger partial charge in [0.1, 0.15) is 0 Å². The van der Waals surface area contributed by atoms with Gasteiger partial charge in [0.15, 0.2) is 0 Å². The van der Waals surface area contributed by atoms with Gasteiger partial charge in [0.2, 0.25) is 0 Å². The van der Waals surface area contributed by atoms with E-state index in [4.69, 9.17) is 15.1 Å². The summed E-state index contributed by atoms with van der Waals surface area (Å²) < 4.78 is 34.5. The summed E-state index contributed by atoms with van der Waals surface area (Å²) in [7, 11) is 3.85. The molecule has 6 heteroatoms. The van der Waals surface area contributed by atoms with Crippen molar-refractivity contribution < 1.29 is 27.2 Å². The Morgan fingerprint density at radius 3 is 1.33 bits per heavy atom. The molecule has 0 unspecified atom stereocenters. The normalized spacial score (nSPS) is 14.5. The van der Waals surface area contributed by atoms with Crippen LogP contribution in [0.3, 0.4) is 0 Å². The Hall–Kier alpha value is 0.234. The van der Waals surface area contributed by atoms with Crippen molar-refractivity contribution in [1.82, 2.24) is 0 Å². The quantitative estimate of drug-likeness (QED) is 0.519. The van der Waals surface area contributed by atoms with E-state index in [1.807, 2.05) is 0 Å². The maximum absolute atomic E-state index is 9.07. The molecule has 0 aliphatic carbocycles. The molecule has 0 saturated carbocycles. The SMILES string of the molecule is [O]=[V](=[O])(=[O])([OH])[Cl]. The molecule has 0 bridgehead atoms. The first kappa shape index (κ1) is 6.23. The van der Waals surface area contributed by atoms with Crippen molar-refractivity contribution in [2.45, 2.75) is 0 Å². The van der Waals surface area contributed by atoms with Gasteiger partial charge in [0.05, 0.1) is 0 Å². The number of halogens is 1. The second kappa shape index (κ2) is 0.896. The monoisotopic (exact) mass is 151 g/mol. The van der Waals surface area contributed by atoms with Crippen LogP contribution in [0.4, 0.5) is 0 Å². The second-order valence-electron chi connectivity index (χ2n) is 0.751. The molecular weight excluding hydrogens is 150 g/mol. The third kappa shape index (κ3) is 806. The van der Waals surface area contributed by atoms with Crippen LogP contribution >= 0.6 is 9.85 Å². The van der Waals surface area contributed by atoms with Crippen molar-refractivity contribution in [3.05, 3.63) is 0 Å². The van der Waals surface area contributed by atoms with Gasteiger partial charge in [-0.05, 0) is 0 Å². The van der Waals surface area contributed by atoms with Gasteiger partial charge in [0, 0.05) is 0 Å². The Labute approximate surface area is 37.6 Å². The van der Waals surface area contributed by atoms with E-state index in [1.165, 1.54) is 0 Å². The molecule has 0 radical (unpaired) electrons. The van der Waals surface area contributed by atoms with Crippen LogP contribution in [0.15, 0.2) is 0 Å². The zero-order valence-electron chi connectivity index (χ0n) is 2.50. The van der Waals surface area contributed by atoms with Gasteiger partial charge in [-0.25, -0.2) is 0 Å². The standard InChI is InChI=1S/ClH.H2O.3O.V/h1H;1H2;;;;/q;;;;;+2/p-2. The van der Waals surface area contributed by atoms with Crippen LogP contribution in [0.5, 0.6) is 0 Å². The maximum atomic E-state index is 9.07. The van der Waals surface area contributed by atoms with Gasteiger partial charge >= 0.3 is 37.0 Å². The van der Waals surface area contributed by atoms with E-state index in [9.17, 15) is 0 Å². The second-order valence-corrected chi connectivity index (χ2v) is 5.43. The molecule has 0 aliphatic heterocycles. The van der Waals surface area contributed by atoms with E-state index in [1.54, 1.807) is 0 Å². The molecule has 37 valence electrons. The van der Waals surface area contributed by atoms with Gasteiger partial charge in [0.25, 0.3) is 0 Å². The summed E-state index contributed by atoms with van der Waals surface area (Å²) in [6.07, 6.45) is 0. The first-order valence-electron chi connectivity index (χ1n) is 0.917. The third-order valence-electron chi connectivity index (χ3n) is 0. The summed E-state index contributed by atoms with van der Waals surface area (Å²) in [6.45, 7) is 0. The summed E-state index contributed by atoms with van der Waals surface area (Å²) in [4.78, 5) is 0.